The van der Waals surface area contributed by atoms with Crippen molar-refractivity contribution in [1.29, 1.82) is 0 Å². The Morgan fingerprint density at radius 1 is 0.957 bits per heavy atom. The quantitative estimate of drug-likeness (QED) is 0.920. The van der Waals surface area contributed by atoms with Crippen molar-refractivity contribution >= 4 is 23.2 Å². The molecule has 1 aromatic carbocycles. The van der Waals surface area contributed by atoms with Gasteiger partial charge in [-0.15, -0.1) is 11.3 Å². The van der Waals surface area contributed by atoms with Gasteiger partial charge in [-0.25, -0.2) is 0 Å². The molecule has 3 rings (SSSR count). The molecule has 0 bridgehead atoms. The number of nitrogens with zero attached hydrogens (tertiary/aromatic N) is 2. The number of aromatic hydroxyl groups is 1. The molecule has 1 aliphatic rings. The fourth-order valence-electron chi connectivity index (χ4n) is 2.70. The highest BCUT2D eigenvalue weighted by Gasteiger charge is 2.24. The van der Waals surface area contributed by atoms with Gasteiger partial charge in [0.2, 0.25) is 0 Å². The van der Waals surface area contributed by atoms with Crippen molar-refractivity contribution in [2.24, 2.45) is 0 Å². The number of thiophene rings is 1. The summed E-state index contributed by atoms with van der Waals surface area (Å²) in [5, 5.41) is 11.4. The average molecular weight is 330 g/mol. The number of carbonyl (C=O) groups excluding carboxylic acids is 2. The third-order valence-corrected chi connectivity index (χ3v) is 4.75. The zero-order valence-electron chi connectivity index (χ0n) is 12.6. The summed E-state index contributed by atoms with van der Waals surface area (Å²) < 4.78 is 0. The molecular formula is C17H18N2O3S. The first-order valence-corrected chi connectivity index (χ1v) is 8.44. The van der Waals surface area contributed by atoms with Crippen LogP contribution in [0.3, 0.4) is 0 Å². The van der Waals surface area contributed by atoms with E-state index in [0.29, 0.717) is 31.7 Å². The number of carbonyl (C=O) groups is 2. The molecule has 5 nitrogen and oxygen atoms in total. The maximum atomic E-state index is 12.5. The van der Waals surface area contributed by atoms with Gasteiger partial charge >= 0.3 is 0 Å². The largest absolute Gasteiger partial charge is 0.508 e. The number of phenolic OH excluding ortho intramolecular Hbond substituents is 1. The smallest absolute Gasteiger partial charge is 0.263 e. The van der Waals surface area contributed by atoms with Crippen molar-refractivity contribution in [3.05, 3.63) is 52.2 Å². The lowest BCUT2D eigenvalue weighted by Crippen LogP contribution is -2.37. The van der Waals surface area contributed by atoms with Crippen molar-refractivity contribution in [1.82, 2.24) is 9.80 Å². The summed E-state index contributed by atoms with van der Waals surface area (Å²) in [4.78, 5) is 29.2. The molecule has 2 aromatic rings. The summed E-state index contributed by atoms with van der Waals surface area (Å²) in [5.74, 6) is 0.0122. The first-order chi connectivity index (χ1) is 11.1. The Kier molecular flexibility index (Phi) is 4.62. The lowest BCUT2D eigenvalue weighted by Gasteiger charge is -2.22. The molecule has 1 fully saturated rings. The van der Waals surface area contributed by atoms with Crippen LogP contribution >= 0.6 is 11.3 Å². The molecule has 0 aliphatic carbocycles. The third-order valence-electron chi connectivity index (χ3n) is 3.90. The summed E-state index contributed by atoms with van der Waals surface area (Å²) >= 11 is 1.44. The van der Waals surface area contributed by atoms with Crippen LogP contribution < -0.4 is 0 Å². The third kappa shape index (κ3) is 3.53. The van der Waals surface area contributed by atoms with Gasteiger partial charge in [0.05, 0.1) is 4.88 Å². The van der Waals surface area contributed by atoms with E-state index in [0.717, 1.165) is 11.3 Å². The van der Waals surface area contributed by atoms with Gasteiger partial charge in [-0.1, -0.05) is 12.1 Å². The Balaban J connectivity index is 1.66. The van der Waals surface area contributed by atoms with E-state index in [1.165, 1.54) is 17.4 Å². The summed E-state index contributed by atoms with van der Waals surface area (Å²) in [7, 11) is 0. The van der Waals surface area contributed by atoms with Crippen LogP contribution in [-0.2, 0) is 0 Å². The van der Waals surface area contributed by atoms with E-state index in [1.54, 1.807) is 23.1 Å². The molecule has 1 aromatic heterocycles. The zero-order valence-corrected chi connectivity index (χ0v) is 13.5. The van der Waals surface area contributed by atoms with E-state index in [2.05, 4.69) is 0 Å². The Labute approximate surface area is 138 Å². The number of phenols is 1. The average Bonchev–Trinajstić information content (AvgIpc) is 2.98. The molecule has 0 spiro atoms. The maximum Gasteiger partial charge on any atom is 0.263 e. The standard InChI is InChI=1S/C17H18N2O3S/c20-14-5-1-4-13(12-14)16(21)18-7-3-8-19(10-9-18)17(22)15-6-2-11-23-15/h1-2,4-6,11-12,20H,3,7-10H2. The van der Waals surface area contributed by atoms with Crippen LogP contribution in [0, 0.1) is 0 Å². The number of rotatable bonds is 2. The van der Waals surface area contributed by atoms with Gasteiger partial charge in [-0.3, -0.25) is 9.59 Å². The van der Waals surface area contributed by atoms with Gasteiger partial charge in [0.1, 0.15) is 5.75 Å². The molecule has 6 heteroatoms. The van der Waals surface area contributed by atoms with Gasteiger partial charge in [0.25, 0.3) is 11.8 Å². The molecule has 23 heavy (non-hydrogen) atoms. The van der Waals surface area contributed by atoms with Gasteiger partial charge in [0, 0.05) is 31.7 Å². The van der Waals surface area contributed by atoms with Crippen molar-refractivity contribution in [2.45, 2.75) is 6.42 Å². The SMILES string of the molecule is O=C(c1cccc(O)c1)N1CCCN(C(=O)c2cccs2)CC1. The highest BCUT2D eigenvalue weighted by Crippen LogP contribution is 2.17. The van der Waals surface area contributed by atoms with E-state index < -0.39 is 0 Å². The number of hydrogen-bond acceptors (Lipinski definition) is 4. The van der Waals surface area contributed by atoms with Crippen molar-refractivity contribution < 1.29 is 14.7 Å². The van der Waals surface area contributed by atoms with Crippen molar-refractivity contribution in [3.8, 4) is 5.75 Å². The monoisotopic (exact) mass is 330 g/mol. The van der Waals surface area contributed by atoms with Crippen LogP contribution in [0.15, 0.2) is 41.8 Å². The van der Waals surface area contributed by atoms with Gasteiger partial charge in [-0.05, 0) is 36.1 Å². The fraction of sp³-hybridized carbons (Fsp3) is 0.294. The second-order valence-corrected chi connectivity index (χ2v) is 6.41. The Hall–Kier alpha value is -2.34. The molecule has 2 heterocycles. The van der Waals surface area contributed by atoms with Gasteiger partial charge in [0.15, 0.2) is 0 Å². The molecule has 1 N–H and O–H groups in total. The normalized spacial score (nSPS) is 15.3. The number of benzene rings is 1. The van der Waals surface area contributed by atoms with Gasteiger partial charge in [-0.2, -0.15) is 0 Å². The first kappa shape index (κ1) is 15.6. The lowest BCUT2D eigenvalue weighted by molar-refractivity contribution is 0.0721. The van der Waals surface area contributed by atoms with E-state index in [1.807, 2.05) is 22.4 Å². The minimum Gasteiger partial charge on any atom is -0.508 e. The Morgan fingerprint density at radius 2 is 1.70 bits per heavy atom. The first-order valence-electron chi connectivity index (χ1n) is 7.56. The number of amides is 2. The highest BCUT2D eigenvalue weighted by molar-refractivity contribution is 7.12. The van der Waals surface area contributed by atoms with Crippen LogP contribution in [0.2, 0.25) is 0 Å². The lowest BCUT2D eigenvalue weighted by atomic mass is 10.2. The molecule has 1 saturated heterocycles. The Morgan fingerprint density at radius 3 is 2.35 bits per heavy atom. The van der Waals surface area contributed by atoms with E-state index in [-0.39, 0.29) is 17.6 Å². The van der Waals surface area contributed by atoms with Crippen molar-refractivity contribution in [2.75, 3.05) is 26.2 Å². The summed E-state index contributed by atoms with van der Waals surface area (Å²) in [6.45, 7) is 2.30. The van der Waals surface area contributed by atoms with Gasteiger partial charge < -0.3 is 14.9 Å². The summed E-state index contributed by atoms with van der Waals surface area (Å²) in [5.41, 5.74) is 0.475. The second kappa shape index (κ2) is 6.83. The topological polar surface area (TPSA) is 60.9 Å². The van der Waals surface area contributed by atoms with E-state index in [9.17, 15) is 14.7 Å². The zero-order chi connectivity index (χ0) is 16.2. The molecular weight excluding hydrogens is 312 g/mol. The van der Waals surface area contributed by atoms with Crippen LogP contribution in [-0.4, -0.2) is 52.9 Å². The molecule has 0 saturated carbocycles. The fourth-order valence-corrected chi connectivity index (χ4v) is 3.39. The highest BCUT2D eigenvalue weighted by atomic mass is 32.1. The van der Waals surface area contributed by atoms with E-state index in [4.69, 9.17) is 0 Å². The van der Waals surface area contributed by atoms with Crippen LogP contribution in [0.5, 0.6) is 5.75 Å². The van der Waals surface area contributed by atoms with Crippen LogP contribution in [0.25, 0.3) is 0 Å². The minimum atomic E-state index is -0.105. The number of hydrogen-bond donors (Lipinski definition) is 1. The molecule has 120 valence electrons. The summed E-state index contributed by atoms with van der Waals surface area (Å²) in [6.07, 6.45) is 0.752. The molecule has 1 aliphatic heterocycles. The van der Waals surface area contributed by atoms with Crippen molar-refractivity contribution in [3.63, 3.8) is 0 Å². The molecule has 0 atom stereocenters. The summed E-state index contributed by atoms with van der Waals surface area (Å²) in [6, 6.07) is 10.1. The predicted molar refractivity (Wildman–Crippen MR) is 88.8 cm³/mol. The van der Waals surface area contributed by atoms with Crippen LogP contribution in [0.1, 0.15) is 26.5 Å². The predicted octanol–water partition coefficient (Wildman–Crippen LogP) is 2.44. The Bertz CT molecular complexity index is 700. The maximum absolute atomic E-state index is 12.5. The van der Waals surface area contributed by atoms with Crippen LogP contribution in [0.4, 0.5) is 0 Å². The van der Waals surface area contributed by atoms with E-state index >= 15 is 0 Å². The minimum absolute atomic E-state index is 0.0339. The molecule has 2 amide bonds. The molecule has 0 unspecified atom stereocenters. The second-order valence-electron chi connectivity index (χ2n) is 5.47. The molecule has 0 radical (unpaired) electrons.